The molecule has 6 N–H and O–H groups in total. The summed E-state index contributed by atoms with van der Waals surface area (Å²) in [6.07, 6.45) is -0.0969. The fraction of sp³-hybridized carbons (Fsp3) is 0.300. The summed E-state index contributed by atoms with van der Waals surface area (Å²) >= 11 is 0. The molecule has 0 spiro atoms. The molecular formula is C10H15N3O4. The number of hydrogen-bond acceptors (Lipinski definition) is 6. The van der Waals surface area contributed by atoms with E-state index in [-0.39, 0.29) is 18.2 Å². The van der Waals surface area contributed by atoms with Gasteiger partial charge in [-0.3, -0.25) is 21.7 Å². The molecule has 0 aromatic heterocycles. The van der Waals surface area contributed by atoms with Gasteiger partial charge in [-0.05, 0) is 5.56 Å². The second-order valence-electron chi connectivity index (χ2n) is 3.67. The molecular weight excluding hydrogens is 226 g/mol. The summed E-state index contributed by atoms with van der Waals surface area (Å²) in [4.78, 5) is 11.2. The quantitative estimate of drug-likeness (QED) is 0.339. The van der Waals surface area contributed by atoms with E-state index in [4.69, 9.17) is 21.4 Å². The Kier molecular flexibility index (Phi) is 4.55. The molecule has 0 fully saturated rings. The van der Waals surface area contributed by atoms with Crippen LogP contribution in [0.4, 0.5) is 0 Å². The van der Waals surface area contributed by atoms with Crippen LogP contribution in [-0.4, -0.2) is 38.8 Å². The second kappa shape index (κ2) is 5.71. The van der Waals surface area contributed by atoms with Crippen molar-refractivity contribution in [2.24, 2.45) is 5.84 Å². The summed E-state index contributed by atoms with van der Waals surface area (Å²) < 4.78 is 0. The van der Waals surface area contributed by atoms with Crippen molar-refractivity contribution in [3.63, 3.8) is 0 Å². The second-order valence-corrected chi connectivity index (χ2v) is 3.67. The van der Waals surface area contributed by atoms with E-state index in [1.165, 1.54) is 0 Å². The lowest BCUT2D eigenvalue weighted by Crippen LogP contribution is -2.60. The van der Waals surface area contributed by atoms with E-state index >= 15 is 0 Å². The largest absolute Gasteiger partial charge is 0.480 e. The molecule has 7 nitrogen and oxygen atoms in total. The number of hydroxylamine groups is 2. The number of nitrogens with zero attached hydrogens (tertiary/aromatic N) is 1. The lowest BCUT2D eigenvalue weighted by atomic mass is 9.91. The summed E-state index contributed by atoms with van der Waals surface area (Å²) in [5.41, 5.74) is 0.880. The number of aliphatic carboxylic acids is 1. The Labute approximate surface area is 98.0 Å². The first-order valence-corrected chi connectivity index (χ1v) is 4.91. The van der Waals surface area contributed by atoms with Crippen LogP contribution in [0, 0.1) is 0 Å². The third-order valence-corrected chi connectivity index (χ3v) is 2.51. The van der Waals surface area contributed by atoms with Crippen LogP contribution in [0.5, 0.6) is 0 Å². The molecule has 0 saturated carbocycles. The van der Waals surface area contributed by atoms with Gasteiger partial charge in [0.15, 0.2) is 5.54 Å². The Morgan fingerprint density at radius 1 is 1.35 bits per heavy atom. The monoisotopic (exact) mass is 241 g/mol. The van der Waals surface area contributed by atoms with Crippen molar-refractivity contribution < 1.29 is 20.3 Å². The smallest absolute Gasteiger partial charge is 0.330 e. The van der Waals surface area contributed by atoms with E-state index in [0.717, 1.165) is 0 Å². The van der Waals surface area contributed by atoms with Crippen LogP contribution in [0.2, 0.25) is 0 Å². The average Bonchev–Trinajstić information content (AvgIpc) is 2.29. The molecule has 1 atom stereocenters. The number of carboxylic acids is 1. The van der Waals surface area contributed by atoms with Crippen molar-refractivity contribution in [2.75, 3.05) is 6.54 Å². The van der Waals surface area contributed by atoms with Crippen molar-refractivity contribution in [1.82, 2.24) is 10.7 Å². The Hall–Kier alpha value is -1.51. The van der Waals surface area contributed by atoms with Crippen LogP contribution in [-0.2, 0) is 11.2 Å². The molecule has 0 aliphatic carbocycles. The average molecular weight is 241 g/mol. The zero-order valence-electron chi connectivity index (χ0n) is 9.08. The third-order valence-electron chi connectivity index (χ3n) is 2.51. The molecule has 0 unspecified atom stereocenters. The van der Waals surface area contributed by atoms with Crippen molar-refractivity contribution in [3.8, 4) is 0 Å². The Morgan fingerprint density at radius 3 is 2.35 bits per heavy atom. The number of rotatable bonds is 6. The van der Waals surface area contributed by atoms with E-state index in [1.54, 1.807) is 30.3 Å². The highest BCUT2D eigenvalue weighted by atomic mass is 16.8. The maximum atomic E-state index is 11.2. The number of hydrazine groups is 1. The number of carbonyl (C=O) groups is 1. The van der Waals surface area contributed by atoms with Gasteiger partial charge in [-0.1, -0.05) is 35.6 Å². The molecule has 94 valence electrons. The summed E-state index contributed by atoms with van der Waals surface area (Å²) in [5, 5.41) is 27.1. The van der Waals surface area contributed by atoms with E-state index < -0.39 is 11.5 Å². The van der Waals surface area contributed by atoms with Crippen LogP contribution >= 0.6 is 0 Å². The Balaban J connectivity index is 3.01. The number of hydrogen-bond donors (Lipinski definition) is 5. The predicted octanol–water partition coefficient (Wildman–Crippen LogP) is -0.404. The molecule has 0 bridgehead atoms. The summed E-state index contributed by atoms with van der Waals surface area (Å²) in [7, 11) is 0. The van der Waals surface area contributed by atoms with Gasteiger partial charge in [0.05, 0.1) is 0 Å². The van der Waals surface area contributed by atoms with Gasteiger partial charge in [0.2, 0.25) is 0 Å². The highest BCUT2D eigenvalue weighted by Crippen LogP contribution is 2.18. The number of benzene rings is 1. The molecule has 1 aromatic rings. The molecule has 0 saturated heterocycles. The van der Waals surface area contributed by atoms with Crippen molar-refractivity contribution in [1.29, 1.82) is 0 Å². The van der Waals surface area contributed by atoms with Crippen LogP contribution in [0.3, 0.4) is 0 Å². The number of nitrogens with two attached hydrogens (primary N) is 1. The highest BCUT2D eigenvalue weighted by molar-refractivity contribution is 5.79. The molecule has 0 amide bonds. The molecule has 1 rings (SSSR count). The van der Waals surface area contributed by atoms with Crippen LogP contribution in [0.1, 0.15) is 5.56 Å². The first-order valence-electron chi connectivity index (χ1n) is 4.91. The third kappa shape index (κ3) is 2.99. The van der Waals surface area contributed by atoms with Gasteiger partial charge in [0.25, 0.3) is 0 Å². The van der Waals surface area contributed by atoms with Crippen LogP contribution in [0.25, 0.3) is 0 Å². The van der Waals surface area contributed by atoms with Gasteiger partial charge >= 0.3 is 5.97 Å². The first kappa shape index (κ1) is 13.6. The van der Waals surface area contributed by atoms with Gasteiger partial charge in [-0.25, -0.2) is 4.79 Å². The van der Waals surface area contributed by atoms with E-state index in [2.05, 4.69) is 5.43 Å². The molecule has 0 radical (unpaired) electrons. The number of carboxylic acid groups (broad SMARTS) is 1. The predicted molar refractivity (Wildman–Crippen MR) is 58.1 cm³/mol. The topological polar surface area (TPSA) is 119 Å². The minimum absolute atomic E-state index is 0.0969. The minimum atomic E-state index is -1.92. The summed E-state index contributed by atoms with van der Waals surface area (Å²) in [6.45, 7) is -0.315. The first-order chi connectivity index (χ1) is 8.03. The summed E-state index contributed by atoms with van der Waals surface area (Å²) in [5.74, 6) is 3.70. The van der Waals surface area contributed by atoms with Gasteiger partial charge in [0, 0.05) is 13.0 Å². The Morgan fingerprint density at radius 2 is 1.94 bits per heavy atom. The Bertz CT molecular complexity index is 371. The summed E-state index contributed by atoms with van der Waals surface area (Å²) in [6, 6.07) is 8.63. The van der Waals surface area contributed by atoms with E-state index in [0.29, 0.717) is 5.56 Å². The standard InChI is InChI=1S/C10H15N3O4/c11-12-7-10(9(14)15,13(16)17)6-8-4-2-1-3-5-8/h1-5,12,16-17H,6-7,11H2,(H,14,15)/t10-/m1/s1. The SMILES string of the molecule is NNC[C@](Cc1ccccc1)(C(=O)O)N(O)O. The zero-order valence-corrected chi connectivity index (χ0v) is 9.08. The molecule has 17 heavy (non-hydrogen) atoms. The van der Waals surface area contributed by atoms with Gasteiger partial charge in [-0.15, -0.1) is 0 Å². The van der Waals surface area contributed by atoms with E-state index in [9.17, 15) is 4.79 Å². The molecule has 1 aromatic carbocycles. The number of nitrogens with one attached hydrogen (secondary N) is 1. The normalized spacial score (nSPS) is 14.6. The fourth-order valence-electron chi connectivity index (χ4n) is 1.54. The molecule has 0 aliphatic heterocycles. The molecule has 7 heteroatoms. The van der Waals surface area contributed by atoms with Crippen molar-refractivity contribution >= 4 is 5.97 Å². The van der Waals surface area contributed by atoms with Crippen LogP contribution < -0.4 is 11.3 Å². The minimum Gasteiger partial charge on any atom is -0.480 e. The van der Waals surface area contributed by atoms with Crippen molar-refractivity contribution in [2.45, 2.75) is 12.0 Å². The van der Waals surface area contributed by atoms with Crippen molar-refractivity contribution in [3.05, 3.63) is 35.9 Å². The molecule has 0 heterocycles. The van der Waals surface area contributed by atoms with Gasteiger partial charge < -0.3 is 5.11 Å². The zero-order chi connectivity index (χ0) is 12.9. The lowest BCUT2D eigenvalue weighted by molar-refractivity contribution is -0.355. The molecule has 0 aliphatic rings. The maximum Gasteiger partial charge on any atom is 0.330 e. The highest BCUT2D eigenvalue weighted by Gasteiger charge is 2.44. The van der Waals surface area contributed by atoms with Gasteiger partial charge in [0.1, 0.15) is 0 Å². The van der Waals surface area contributed by atoms with E-state index in [1.807, 2.05) is 0 Å². The van der Waals surface area contributed by atoms with Gasteiger partial charge in [-0.2, -0.15) is 0 Å². The lowest BCUT2D eigenvalue weighted by Gasteiger charge is -2.31. The maximum absolute atomic E-state index is 11.2. The fourth-order valence-corrected chi connectivity index (χ4v) is 1.54. The van der Waals surface area contributed by atoms with Crippen LogP contribution in [0.15, 0.2) is 30.3 Å².